The number of urea groups is 1. The predicted octanol–water partition coefficient (Wildman–Crippen LogP) is 2.53. The van der Waals surface area contributed by atoms with Crippen LogP contribution < -0.4 is 15.4 Å². The van der Waals surface area contributed by atoms with Crippen molar-refractivity contribution in [3.05, 3.63) is 71.7 Å². The number of methoxy groups -OCH3 is 2. The summed E-state index contributed by atoms with van der Waals surface area (Å²) >= 11 is 0. The lowest BCUT2D eigenvalue weighted by molar-refractivity contribution is -0.136. The van der Waals surface area contributed by atoms with E-state index in [1.807, 2.05) is 41.0 Å². The number of benzene rings is 2. The third kappa shape index (κ3) is 3.52. The largest absolute Gasteiger partial charge is 0.497 e. The van der Waals surface area contributed by atoms with Crippen molar-refractivity contribution in [3.63, 3.8) is 0 Å². The van der Waals surface area contributed by atoms with Gasteiger partial charge in [0.15, 0.2) is 0 Å². The minimum absolute atomic E-state index is 0.269. The summed E-state index contributed by atoms with van der Waals surface area (Å²) in [5.41, 5.74) is 3.28. The average molecular weight is 392 g/mol. The van der Waals surface area contributed by atoms with E-state index in [0.29, 0.717) is 17.0 Å². The van der Waals surface area contributed by atoms with E-state index in [2.05, 4.69) is 15.6 Å². The number of nitrogens with one attached hydrogen (secondary N) is 2. The van der Waals surface area contributed by atoms with Gasteiger partial charge in [-0.15, -0.1) is 0 Å². The van der Waals surface area contributed by atoms with Crippen molar-refractivity contribution in [2.24, 2.45) is 0 Å². The molecular weight excluding hydrogens is 372 g/mol. The number of aromatic nitrogens is 2. The van der Waals surface area contributed by atoms with Gasteiger partial charge in [0.2, 0.25) is 0 Å². The normalized spacial score (nSPS) is 16.3. The maximum Gasteiger partial charge on any atom is 0.338 e. The van der Waals surface area contributed by atoms with Gasteiger partial charge in [0.1, 0.15) is 5.75 Å². The molecule has 2 N–H and O–H groups in total. The van der Waals surface area contributed by atoms with Crippen LogP contribution in [0.3, 0.4) is 0 Å². The molecule has 4 rings (SSSR count). The van der Waals surface area contributed by atoms with E-state index in [0.717, 1.165) is 16.6 Å². The summed E-state index contributed by atoms with van der Waals surface area (Å²) in [4.78, 5) is 29.4. The van der Waals surface area contributed by atoms with Gasteiger partial charge in [-0.3, -0.25) is 0 Å². The summed E-state index contributed by atoms with van der Waals surface area (Å²) < 4.78 is 12.1. The van der Waals surface area contributed by atoms with Gasteiger partial charge >= 0.3 is 12.0 Å². The number of fused-ring (bicyclic) bond motifs is 1. The Labute approximate surface area is 167 Å². The lowest BCUT2D eigenvalue weighted by atomic mass is 9.95. The number of carbonyl (C=O) groups is 2. The molecule has 2 heterocycles. The number of carbonyl (C=O) groups excluding carboxylic acids is 2. The standard InChI is InChI=1S/C21H20N4O4/c1-28-14-9-7-13(8-10-14)19-18(20(26)29-2)16(23-21(27)24-19)11-25-12-22-15-5-3-4-6-17(15)25/h3-10,12,19H,11H2,1-2H3,(H2,23,24,27)/t19-/m1/s1. The van der Waals surface area contributed by atoms with Crippen LogP contribution in [0.15, 0.2) is 66.1 Å². The molecule has 0 unspecified atom stereocenters. The fourth-order valence-corrected chi connectivity index (χ4v) is 3.45. The maximum absolute atomic E-state index is 12.7. The van der Waals surface area contributed by atoms with Crippen molar-refractivity contribution in [1.82, 2.24) is 20.2 Å². The molecule has 8 heteroatoms. The van der Waals surface area contributed by atoms with Crippen LogP contribution in [0.2, 0.25) is 0 Å². The van der Waals surface area contributed by atoms with Crippen LogP contribution in [0, 0.1) is 0 Å². The molecule has 2 aromatic carbocycles. The Bertz CT molecular complexity index is 1100. The Morgan fingerprint density at radius 3 is 2.62 bits per heavy atom. The number of ether oxygens (including phenoxy) is 2. The quantitative estimate of drug-likeness (QED) is 0.651. The van der Waals surface area contributed by atoms with Crippen LogP contribution in [0.1, 0.15) is 11.6 Å². The Morgan fingerprint density at radius 2 is 1.90 bits per heavy atom. The first-order valence-electron chi connectivity index (χ1n) is 9.03. The van der Waals surface area contributed by atoms with Gasteiger partial charge in [-0.05, 0) is 29.8 Å². The Morgan fingerprint density at radius 1 is 1.14 bits per heavy atom. The second-order valence-corrected chi connectivity index (χ2v) is 6.55. The molecule has 3 aromatic rings. The second-order valence-electron chi connectivity index (χ2n) is 6.55. The molecule has 0 saturated heterocycles. The summed E-state index contributed by atoms with van der Waals surface area (Å²) in [5.74, 6) is 0.167. The predicted molar refractivity (Wildman–Crippen MR) is 106 cm³/mol. The second kappa shape index (κ2) is 7.67. The van der Waals surface area contributed by atoms with Gasteiger partial charge in [-0.25, -0.2) is 14.6 Å². The van der Waals surface area contributed by atoms with E-state index in [1.165, 1.54) is 7.11 Å². The van der Waals surface area contributed by atoms with E-state index in [-0.39, 0.29) is 6.54 Å². The molecule has 2 amide bonds. The molecule has 29 heavy (non-hydrogen) atoms. The first-order valence-corrected chi connectivity index (χ1v) is 9.03. The Kier molecular flexibility index (Phi) is 4.90. The molecule has 1 atom stereocenters. The van der Waals surface area contributed by atoms with E-state index >= 15 is 0 Å². The van der Waals surface area contributed by atoms with Crippen molar-refractivity contribution in [2.45, 2.75) is 12.6 Å². The van der Waals surface area contributed by atoms with E-state index < -0.39 is 18.0 Å². The molecule has 1 aliphatic heterocycles. The molecule has 0 bridgehead atoms. The summed E-state index contributed by atoms with van der Waals surface area (Å²) in [5, 5.41) is 5.57. The zero-order valence-corrected chi connectivity index (χ0v) is 16.0. The van der Waals surface area contributed by atoms with Crippen LogP contribution in [0.4, 0.5) is 4.79 Å². The third-order valence-corrected chi connectivity index (χ3v) is 4.86. The number of para-hydroxylation sites is 2. The van der Waals surface area contributed by atoms with Crippen molar-refractivity contribution in [1.29, 1.82) is 0 Å². The maximum atomic E-state index is 12.7. The molecule has 0 saturated carbocycles. The average Bonchev–Trinajstić information content (AvgIpc) is 3.16. The fourth-order valence-electron chi connectivity index (χ4n) is 3.45. The topological polar surface area (TPSA) is 94.5 Å². The first-order chi connectivity index (χ1) is 14.1. The van der Waals surface area contributed by atoms with Gasteiger partial charge in [-0.2, -0.15) is 0 Å². The monoisotopic (exact) mass is 392 g/mol. The highest BCUT2D eigenvalue weighted by molar-refractivity contribution is 5.95. The number of esters is 1. The number of allylic oxidation sites excluding steroid dienone is 1. The number of imidazole rings is 1. The highest BCUT2D eigenvalue weighted by atomic mass is 16.5. The Hall–Kier alpha value is -3.81. The molecule has 0 aliphatic carbocycles. The van der Waals surface area contributed by atoms with Crippen molar-refractivity contribution < 1.29 is 19.1 Å². The van der Waals surface area contributed by atoms with Crippen molar-refractivity contribution in [2.75, 3.05) is 14.2 Å². The van der Waals surface area contributed by atoms with Gasteiger partial charge in [0.05, 0.1) is 55.4 Å². The van der Waals surface area contributed by atoms with Gasteiger partial charge < -0.3 is 24.7 Å². The molecule has 0 spiro atoms. The molecular formula is C21H20N4O4. The summed E-state index contributed by atoms with van der Waals surface area (Å²) in [6.07, 6.45) is 1.68. The number of nitrogens with zero attached hydrogens (tertiary/aromatic N) is 2. The number of hydrogen-bond acceptors (Lipinski definition) is 5. The fraction of sp³-hybridized carbons (Fsp3) is 0.190. The molecule has 1 aliphatic rings. The zero-order valence-electron chi connectivity index (χ0n) is 16.0. The van der Waals surface area contributed by atoms with Crippen LogP contribution in [-0.2, 0) is 16.1 Å². The molecule has 8 nitrogen and oxygen atoms in total. The number of rotatable bonds is 5. The minimum atomic E-state index is -0.646. The van der Waals surface area contributed by atoms with Gasteiger partial charge in [-0.1, -0.05) is 24.3 Å². The third-order valence-electron chi connectivity index (χ3n) is 4.86. The smallest absolute Gasteiger partial charge is 0.338 e. The van der Waals surface area contributed by atoms with Crippen LogP contribution in [0.5, 0.6) is 5.75 Å². The number of amides is 2. The van der Waals surface area contributed by atoms with Gasteiger partial charge in [0.25, 0.3) is 0 Å². The highest BCUT2D eigenvalue weighted by Crippen LogP contribution is 2.30. The van der Waals surface area contributed by atoms with E-state index in [9.17, 15) is 9.59 Å². The van der Waals surface area contributed by atoms with E-state index in [4.69, 9.17) is 9.47 Å². The SMILES string of the molecule is COC(=O)C1=C(Cn2cnc3ccccc32)NC(=O)N[C@@H]1c1ccc(OC)cc1. The lowest BCUT2D eigenvalue weighted by Gasteiger charge is -2.29. The van der Waals surface area contributed by atoms with Gasteiger partial charge in [0, 0.05) is 0 Å². The highest BCUT2D eigenvalue weighted by Gasteiger charge is 2.33. The van der Waals surface area contributed by atoms with Crippen molar-refractivity contribution >= 4 is 23.0 Å². The molecule has 0 radical (unpaired) electrons. The van der Waals surface area contributed by atoms with Crippen molar-refractivity contribution in [3.8, 4) is 5.75 Å². The van der Waals surface area contributed by atoms with Crippen LogP contribution in [0.25, 0.3) is 11.0 Å². The zero-order chi connectivity index (χ0) is 20.4. The van der Waals surface area contributed by atoms with Crippen LogP contribution >= 0.6 is 0 Å². The molecule has 1 aromatic heterocycles. The lowest BCUT2D eigenvalue weighted by Crippen LogP contribution is -2.46. The minimum Gasteiger partial charge on any atom is -0.497 e. The van der Waals surface area contributed by atoms with E-state index in [1.54, 1.807) is 25.6 Å². The first kappa shape index (κ1) is 18.5. The summed E-state index contributed by atoms with van der Waals surface area (Å²) in [6.45, 7) is 0.269. The molecule has 148 valence electrons. The Balaban J connectivity index is 1.79. The summed E-state index contributed by atoms with van der Waals surface area (Å²) in [7, 11) is 2.90. The van der Waals surface area contributed by atoms with Crippen LogP contribution in [-0.4, -0.2) is 35.8 Å². The molecule has 0 fully saturated rings. The number of hydrogen-bond donors (Lipinski definition) is 2. The summed E-state index contributed by atoms with van der Waals surface area (Å²) in [6, 6.07) is 13.8.